The summed E-state index contributed by atoms with van der Waals surface area (Å²) in [4.78, 5) is 14.2. The average molecular weight is 298 g/mol. The van der Waals surface area contributed by atoms with Gasteiger partial charge in [-0.2, -0.15) is 0 Å². The first-order chi connectivity index (χ1) is 10.0. The number of hydrogen-bond acceptors (Lipinski definition) is 3. The predicted octanol–water partition coefficient (Wildman–Crippen LogP) is 3.24. The van der Waals surface area contributed by atoms with E-state index in [2.05, 4.69) is 17.2 Å². The van der Waals surface area contributed by atoms with Crippen LogP contribution in [0.25, 0.3) is 0 Å². The van der Waals surface area contributed by atoms with Gasteiger partial charge >= 0.3 is 0 Å². The van der Waals surface area contributed by atoms with Gasteiger partial charge in [-0.25, -0.2) is 0 Å². The maximum Gasteiger partial charge on any atom is 0.265 e. The Morgan fingerprint density at radius 3 is 2.62 bits per heavy atom. The van der Waals surface area contributed by atoms with Crippen LogP contribution < -0.4 is 11.1 Å². The molecule has 0 unspecified atom stereocenters. The maximum atomic E-state index is 12.3. The Kier molecular flexibility index (Phi) is 4.79. The van der Waals surface area contributed by atoms with Crippen LogP contribution in [0, 0.1) is 32.6 Å². The Hall–Kier alpha value is -2.09. The minimum absolute atomic E-state index is 0.0803. The highest BCUT2D eigenvalue weighted by Gasteiger charge is 2.12. The minimum atomic E-state index is -0.0803. The van der Waals surface area contributed by atoms with Crippen LogP contribution in [0.4, 0.5) is 5.69 Å². The Balaban J connectivity index is 2.24. The lowest BCUT2D eigenvalue weighted by molar-refractivity contribution is 0.103. The standard InChI is InChI=1S/C17H18N2OS/c1-11-6-7-14(5-4-8-18)10-15(11)19-17(20)16-9-12(2)13(3)21-16/h6-7,9-10H,8,18H2,1-3H3,(H,19,20). The van der Waals surface area contributed by atoms with Crippen molar-refractivity contribution in [1.82, 2.24) is 0 Å². The second-order valence-corrected chi connectivity index (χ2v) is 6.10. The molecule has 1 aromatic carbocycles. The van der Waals surface area contributed by atoms with E-state index >= 15 is 0 Å². The van der Waals surface area contributed by atoms with Crippen molar-refractivity contribution < 1.29 is 4.79 Å². The van der Waals surface area contributed by atoms with E-state index in [0.717, 1.165) is 27.3 Å². The van der Waals surface area contributed by atoms with Crippen molar-refractivity contribution in [3.8, 4) is 11.8 Å². The highest BCUT2D eigenvalue weighted by molar-refractivity contribution is 7.14. The number of carbonyl (C=O) groups excluding carboxylic acids is 1. The summed E-state index contributed by atoms with van der Waals surface area (Å²) < 4.78 is 0. The molecule has 1 aromatic heterocycles. The number of anilines is 1. The maximum absolute atomic E-state index is 12.3. The van der Waals surface area contributed by atoms with Gasteiger partial charge in [-0.15, -0.1) is 11.3 Å². The van der Waals surface area contributed by atoms with E-state index < -0.39 is 0 Å². The van der Waals surface area contributed by atoms with Gasteiger partial charge in [0.25, 0.3) is 5.91 Å². The van der Waals surface area contributed by atoms with E-state index in [-0.39, 0.29) is 5.91 Å². The summed E-state index contributed by atoms with van der Waals surface area (Å²) in [5.74, 6) is 5.71. The first-order valence-corrected chi connectivity index (χ1v) is 7.51. The molecule has 0 bridgehead atoms. The van der Waals surface area contributed by atoms with Gasteiger partial charge in [0.1, 0.15) is 0 Å². The number of benzene rings is 1. The molecular formula is C17H18N2OS. The quantitative estimate of drug-likeness (QED) is 0.836. The number of carbonyl (C=O) groups is 1. The highest BCUT2D eigenvalue weighted by atomic mass is 32.1. The van der Waals surface area contributed by atoms with Gasteiger partial charge in [0.15, 0.2) is 0 Å². The molecule has 1 heterocycles. The van der Waals surface area contributed by atoms with Gasteiger partial charge in [0, 0.05) is 16.1 Å². The van der Waals surface area contributed by atoms with E-state index in [0.29, 0.717) is 6.54 Å². The molecule has 0 fully saturated rings. The number of thiophene rings is 1. The van der Waals surface area contributed by atoms with Crippen LogP contribution in [0.5, 0.6) is 0 Å². The zero-order valence-electron chi connectivity index (χ0n) is 12.4. The molecule has 0 spiro atoms. The van der Waals surface area contributed by atoms with Gasteiger partial charge in [0.05, 0.1) is 11.4 Å². The van der Waals surface area contributed by atoms with E-state index in [9.17, 15) is 4.79 Å². The van der Waals surface area contributed by atoms with Crippen molar-refractivity contribution in [2.75, 3.05) is 11.9 Å². The molecule has 0 radical (unpaired) electrons. The van der Waals surface area contributed by atoms with Crippen molar-refractivity contribution >= 4 is 22.9 Å². The summed E-state index contributed by atoms with van der Waals surface area (Å²) in [5, 5.41) is 2.96. The minimum Gasteiger partial charge on any atom is -0.321 e. The average Bonchev–Trinajstić information content (AvgIpc) is 2.79. The first kappa shape index (κ1) is 15.3. The Morgan fingerprint density at radius 1 is 1.24 bits per heavy atom. The smallest absolute Gasteiger partial charge is 0.265 e. The molecule has 0 saturated carbocycles. The van der Waals surface area contributed by atoms with Crippen LogP contribution in [0.15, 0.2) is 24.3 Å². The van der Waals surface area contributed by atoms with Gasteiger partial charge in [-0.1, -0.05) is 17.9 Å². The van der Waals surface area contributed by atoms with Crippen molar-refractivity contribution in [2.45, 2.75) is 20.8 Å². The van der Waals surface area contributed by atoms with E-state index in [4.69, 9.17) is 5.73 Å². The molecule has 2 rings (SSSR count). The monoisotopic (exact) mass is 298 g/mol. The molecule has 0 saturated heterocycles. The van der Waals surface area contributed by atoms with Crippen LogP contribution in [-0.2, 0) is 0 Å². The fourth-order valence-electron chi connectivity index (χ4n) is 1.86. The Labute approximate surface area is 129 Å². The van der Waals surface area contributed by atoms with Crippen molar-refractivity contribution in [2.24, 2.45) is 5.73 Å². The molecule has 108 valence electrons. The number of rotatable bonds is 2. The van der Waals surface area contributed by atoms with Crippen molar-refractivity contribution in [3.63, 3.8) is 0 Å². The summed E-state index contributed by atoms with van der Waals surface area (Å²) in [6.07, 6.45) is 0. The summed E-state index contributed by atoms with van der Waals surface area (Å²) in [7, 11) is 0. The van der Waals surface area contributed by atoms with Crippen LogP contribution in [0.1, 0.15) is 31.2 Å². The lowest BCUT2D eigenvalue weighted by atomic mass is 10.1. The molecule has 3 N–H and O–H groups in total. The molecule has 21 heavy (non-hydrogen) atoms. The molecular weight excluding hydrogens is 280 g/mol. The van der Waals surface area contributed by atoms with Crippen molar-refractivity contribution in [3.05, 3.63) is 50.7 Å². The summed E-state index contributed by atoms with van der Waals surface area (Å²) in [5.41, 5.74) is 9.16. The predicted molar refractivity (Wildman–Crippen MR) is 88.9 cm³/mol. The van der Waals surface area contributed by atoms with Gasteiger partial charge in [-0.3, -0.25) is 4.79 Å². The lowest BCUT2D eigenvalue weighted by Crippen LogP contribution is -2.11. The second kappa shape index (κ2) is 6.57. The van der Waals surface area contributed by atoms with Crippen LogP contribution in [0.2, 0.25) is 0 Å². The second-order valence-electron chi connectivity index (χ2n) is 4.84. The Morgan fingerprint density at radius 2 is 2.00 bits per heavy atom. The third-order valence-corrected chi connectivity index (χ3v) is 4.36. The largest absolute Gasteiger partial charge is 0.321 e. The van der Waals surface area contributed by atoms with E-state index in [1.54, 1.807) is 0 Å². The number of aryl methyl sites for hydroxylation is 3. The molecule has 0 aliphatic carbocycles. The zero-order chi connectivity index (χ0) is 15.4. The lowest BCUT2D eigenvalue weighted by Gasteiger charge is -2.08. The normalized spacial score (nSPS) is 9.90. The topological polar surface area (TPSA) is 55.1 Å². The highest BCUT2D eigenvalue weighted by Crippen LogP contribution is 2.23. The molecule has 0 atom stereocenters. The number of nitrogens with two attached hydrogens (primary N) is 1. The fourth-order valence-corrected chi connectivity index (χ4v) is 2.79. The number of amides is 1. The van der Waals surface area contributed by atoms with Crippen LogP contribution >= 0.6 is 11.3 Å². The summed E-state index contributed by atoms with van der Waals surface area (Å²) in [6, 6.07) is 7.67. The van der Waals surface area contributed by atoms with Gasteiger partial charge in [0.2, 0.25) is 0 Å². The molecule has 2 aromatic rings. The van der Waals surface area contributed by atoms with Crippen molar-refractivity contribution in [1.29, 1.82) is 0 Å². The van der Waals surface area contributed by atoms with E-state index in [1.165, 1.54) is 16.2 Å². The van der Waals surface area contributed by atoms with Crippen LogP contribution in [-0.4, -0.2) is 12.5 Å². The third-order valence-electron chi connectivity index (χ3n) is 3.21. The van der Waals surface area contributed by atoms with Gasteiger partial charge in [-0.05, 0) is 50.1 Å². The summed E-state index contributed by atoms with van der Waals surface area (Å²) >= 11 is 1.51. The van der Waals surface area contributed by atoms with Crippen LogP contribution in [0.3, 0.4) is 0 Å². The molecule has 0 aliphatic rings. The molecule has 4 heteroatoms. The Bertz CT molecular complexity index is 715. The molecule has 3 nitrogen and oxygen atoms in total. The van der Waals surface area contributed by atoms with Gasteiger partial charge < -0.3 is 11.1 Å². The summed E-state index contributed by atoms with van der Waals surface area (Å²) in [6.45, 7) is 6.31. The fraction of sp³-hybridized carbons (Fsp3) is 0.235. The molecule has 1 amide bonds. The number of nitrogens with one attached hydrogen (secondary N) is 1. The van der Waals surface area contributed by atoms with E-state index in [1.807, 2.05) is 45.0 Å². The first-order valence-electron chi connectivity index (χ1n) is 6.69. The zero-order valence-corrected chi connectivity index (χ0v) is 13.2. The SMILES string of the molecule is Cc1ccc(C#CCN)cc1NC(=O)c1cc(C)c(C)s1. The molecule has 0 aliphatic heterocycles. The number of hydrogen-bond donors (Lipinski definition) is 2. The third kappa shape index (κ3) is 3.72.